The highest BCUT2D eigenvalue weighted by Gasteiger charge is 2.18. The summed E-state index contributed by atoms with van der Waals surface area (Å²) < 4.78 is 1.74. The van der Waals surface area contributed by atoms with E-state index in [2.05, 4.69) is 26.4 Å². The van der Waals surface area contributed by atoms with Crippen molar-refractivity contribution in [1.82, 2.24) is 19.6 Å². The summed E-state index contributed by atoms with van der Waals surface area (Å²) in [4.78, 5) is 7.58. The number of hydrogen-bond acceptors (Lipinski definition) is 6. The Balaban J connectivity index is 1.72. The Labute approximate surface area is 149 Å². The number of aliphatic hydroxyl groups excluding tert-OH is 2. The van der Waals surface area contributed by atoms with Crippen molar-refractivity contribution >= 4 is 22.4 Å². The minimum Gasteiger partial charge on any atom is -0.394 e. The summed E-state index contributed by atoms with van der Waals surface area (Å²) >= 11 is 0. The third-order valence-corrected chi connectivity index (χ3v) is 4.45. The Morgan fingerprint density at radius 2 is 2.12 bits per heavy atom. The van der Waals surface area contributed by atoms with Crippen LogP contribution >= 0.6 is 0 Å². The van der Waals surface area contributed by atoms with Gasteiger partial charge in [0.2, 0.25) is 0 Å². The predicted molar refractivity (Wildman–Crippen MR) is 99.8 cm³/mol. The fourth-order valence-corrected chi connectivity index (χ4v) is 2.98. The Hall–Kier alpha value is -2.94. The molecule has 1 aromatic carbocycles. The molecule has 134 valence electrons. The second-order valence-corrected chi connectivity index (χ2v) is 6.15. The van der Waals surface area contributed by atoms with Crippen LogP contribution in [0.1, 0.15) is 0 Å². The first-order valence-corrected chi connectivity index (χ1v) is 8.37. The summed E-state index contributed by atoms with van der Waals surface area (Å²) in [6.07, 6.45) is 2.81. The molecule has 2 atom stereocenters. The fraction of sp³-hybridized carbons (Fsp3) is 0.222. The first-order chi connectivity index (χ1) is 12.7. The number of anilines is 1. The van der Waals surface area contributed by atoms with Gasteiger partial charge in [0.25, 0.3) is 0 Å². The van der Waals surface area contributed by atoms with E-state index in [-0.39, 0.29) is 13.2 Å². The van der Waals surface area contributed by atoms with Crippen LogP contribution in [0.4, 0.5) is 5.82 Å². The number of hydrogen-bond donors (Lipinski definition) is 5. The van der Waals surface area contributed by atoms with Gasteiger partial charge in [-0.05, 0) is 30.3 Å². The molecule has 0 amide bonds. The van der Waals surface area contributed by atoms with Crippen molar-refractivity contribution in [2.75, 3.05) is 18.5 Å². The predicted octanol–water partition coefficient (Wildman–Crippen LogP) is 0.970. The van der Waals surface area contributed by atoms with Crippen LogP contribution in [0.3, 0.4) is 0 Å². The lowest BCUT2D eigenvalue weighted by molar-refractivity contribution is 0.124. The van der Waals surface area contributed by atoms with Crippen LogP contribution in [0.15, 0.2) is 48.8 Å². The second-order valence-electron chi connectivity index (χ2n) is 6.15. The molecular formula is C18H20N6O2. The van der Waals surface area contributed by atoms with Crippen LogP contribution < -0.4 is 11.1 Å². The van der Waals surface area contributed by atoms with E-state index in [1.165, 1.54) is 0 Å². The van der Waals surface area contributed by atoms with Crippen molar-refractivity contribution in [2.24, 2.45) is 5.73 Å². The van der Waals surface area contributed by atoms with E-state index < -0.39 is 12.1 Å². The topological polar surface area (TPSA) is 124 Å². The fourth-order valence-electron chi connectivity index (χ4n) is 2.98. The molecule has 0 spiro atoms. The molecule has 4 rings (SSSR count). The highest BCUT2D eigenvalue weighted by molar-refractivity contribution is 5.84. The SMILES string of the molecule is NCC(O)C(CO)Nc1ccc2ncc(-c3ccc4[nH]ccc4c3)n2n1. The van der Waals surface area contributed by atoms with Crippen LogP contribution in [0, 0.1) is 0 Å². The van der Waals surface area contributed by atoms with Gasteiger partial charge in [0.1, 0.15) is 5.82 Å². The van der Waals surface area contributed by atoms with Crippen LogP contribution in [-0.2, 0) is 0 Å². The number of benzene rings is 1. The standard InChI is InChI=1S/C18H20N6O2/c19-8-16(26)14(10-25)22-17-3-4-18-21-9-15(24(18)23-17)12-1-2-13-11(7-12)5-6-20-13/h1-7,9,14,16,20,25-26H,8,10,19H2,(H,22,23). The maximum absolute atomic E-state index is 9.87. The third kappa shape index (κ3) is 2.90. The van der Waals surface area contributed by atoms with Gasteiger partial charge in [-0.25, -0.2) is 9.50 Å². The number of nitrogens with zero attached hydrogens (tertiary/aromatic N) is 3. The van der Waals surface area contributed by atoms with E-state index in [1.54, 1.807) is 16.8 Å². The van der Waals surface area contributed by atoms with Gasteiger partial charge >= 0.3 is 0 Å². The van der Waals surface area contributed by atoms with Crippen LogP contribution in [0.2, 0.25) is 0 Å². The van der Waals surface area contributed by atoms with Crippen LogP contribution in [0.5, 0.6) is 0 Å². The van der Waals surface area contributed by atoms with Crippen molar-refractivity contribution < 1.29 is 10.2 Å². The maximum Gasteiger partial charge on any atom is 0.154 e. The van der Waals surface area contributed by atoms with Crippen LogP contribution in [0.25, 0.3) is 27.8 Å². The van der Waals surface area contributed by atoms with Gasteiger partial charge in [-0.1, -0.05) is 6.07 Å². The number of nitrogens with two attached hydrogens (primary N) is 1. The van der Waals surface area contributed by atoms with Crippen molar-refractivity contribution in [2.45, 2.75) is 12.1 Å². The first kappa shape index (κ1) is 16.5. The van der Waals surface area contributed by atoms with Gasteiger partial charge < -0.3 is 26.2 Å². The zero-order valence-electron chi connectivity index (χ0n) is 14.0. The number of aromatic nitrogens is 4. The van der Waals surface area contributed by atoms with E-state index in [9.17, 15) is 10.2 Å². The number of fused-ring (bicyclic) bond motifs is 2. The lowest BCUT2D eigenvalue weighted by atomic mass is 10.1. The van der Waals surface area contributed by atoms with E-state index in [4.69, 9.17) is 5.73 Å². The van der Waals surface area contributed by atoms with Gasteiger partial charge in [-0.2, -0.15) is 0 Å². The Bertz CT molecular complexity index is 1040. The average Bonchev–Trinajstić information content (AvgIpc) is 3.31. The van der Waals surface area contributed by atoms with Crippen molar-refractivity contribution in [1.29, 1.82) is 0 Å². The van der Waals surface area contributed by atoms with Crippen molar-refractivity contribution in [3.05, 3.63) is 48.8 Å². The number of H-pyrrole nitrogens is 1. The quantitative estimate of drug-likeness (QED) is 0.352. The highest BCUT2D eigenvalue weighted by atomic mass is 16.3. The number of rotatable bonds is 6. The first-order valence-electron chi connectivity index (χ1n) is 8.37. The molecule has 0 bridgehead atoms. The van der Waals surface area contributed by atoms with Gasteiger partial charge in [-0.15, -0.1) is 5.10 Å². The molecular weight excluding hydrogens is 332 g/mol. The lowest BCUT2D eigenvalue weighted by Crippen LogP contribution is -2.41. The summed E-state index contributed by atoms with van der Waals surface area (Å²) in [5.41, 5.74) is 9.10. The largest absolute Gasteiger partial charge is 0.394 e. The normalized spacial score (nSPS) is 14.0. The molecule has 0 aliphatic carbocycles. The summed E-state index contributed by atoms with van der Waals surface area (Å²) in [6.45, 7) is -0.202. The van der Waals surface area contributed by atoms with Gasteiger partial charge in [-0.3, -0.25) is 0 Å². The molecule has 0 aliphatic rings. The molecule has 0 saturated heterocycles. The monoisotopic (exact) mass is 352 g/mol. The molecule has 6 N–H and O–H groups in total. The summed E-state index contributed by atoms with van der Waals surface area (Å²) in [6, 6.07) is 11.1. The van der Waals surface area contributed by atoms with E-state index in [0.29, 0.717) is 11.5 Å². The zero-order valence-corrected chi connectivity index (χ0v) is 14.0. The van der Waals surface area contributed by atoms with Crippen LogP contribution in [-0.4, -0.2) is 55.1 Å². The van der Waals surface area contributed by atoms with Gasteiger partial charge in [0.15, 0.2) is 5.65 Å². The van der Waals surface area contributed by atoms with Crippen molar-refractivity contribution in [3.8, 4) is 11.3 Å². The second kappa shape index (κ2) is 6.75. The molecule has 3 heterocycles. The molecule has 0 fully saturated rings. The van der Waals surface area contributed by atoms with Gasteiger partial charge in [0.05, 0.1) is 30.6 Å². The Kier molecular flexibility index (Phi) is 4.29. The number of aliphatic hydroxyl groups is 2. The molecule has 26 heavy (non-hydrogen) atoms. The summed E-state index contributed by atoms with van der Waals surface area (Å²) in [7, 11) is 0. The van der Waals surface area contributed by atoms with Crippen molar-refractivity contribution in [3.63, 3.8) is 0 Å². The highest BCUT2D eigenvalue weighted by Crippen LogP contribution is 2.25. The molecule has 0 radical (unpaired) electrons. The zero-order chi connectivity index (χ0) is 18.1. The number of aromatic amines is 1. The smallest absolute Gasteiger partial charge is 0.154 e. The molecule has 3 aromatic heterocycles. The lowest BCUT2D eigenvalue weighted by Gasteiger charge is -2.21. The molecule has 8 nitrogen and oxygen atoms in total. The maximum atomic E-state index is 9.87. The molecule has 0 aliphatic heterocycles. The minimum atomic E-state index is -0.865. The average molecular weight is 352 g/mol. The van der Waals surface area contributed by atoms with E-state index in [1.807, 2.05) is 30.5 Å². The Morgan fingerprint density at radius 3 is 2.92 bits per heavy atom. The van der Waals surface area contributed by atoms with E-state index in [0.717, 1.165) is 22.2 Å². The molecule has 0 saturated carbocycles. The summed E-state index contributed by atoms with van der Waals surface area (Å²) in [5, 5.41) is 28.0. The number of nitrogens with one attached hydrogen (secondary N) is 2. The molecule has 4 aromatic rings. The third-order valence-electron chi connectivity index (χ3n) is 4.45. The van der Waals surface area contributed by atoms with Gasteiger partial charge in [0, 0.05) is 29.2 Å². The summed E-state index contributed by atoms with van der Waals surface area (Å²) in [5.74, 6) is 0.519. The molecule has 8 heteroatoms. The molecule has 2 unspecified atom stereocenters. The van der Waals surface area contributed by atoms with E-state index >= 15 is 0 Å². The minimum absolute atomic E-state index is 0.0491. The number of imidazole rings is 1. The Morgan fingerprint density at radius 1 is 1.23 bits per heavy atom.